The van der Waals surface area contributed by atoms with Gasteiger partial charge < -0.3 is 10.2 Å². The molecular formula is C17H20Cl2F4N2O. The summed E-state index contributed by atoms with van der Waals surface area (Å²) in [5.74, 6) is -0.473. The average molecular weight is 415 g/mol. The van der Waals surface area contributed by atoms with Crippen molar-refractivity contribution in [1.29, 1.82) is 0 Å². The van der Waals surface area contributed by atoms with Crippen molar-refractivity contribution in [1.82, 2.24) is 10.2 Å². The number of nitrogens with one attached hydrogen (secondary N) is 1. The van der Waals surface area contributed by atoms with Gasteiger partial charge in [-0.3, -0.25) is 4.79 Å². The molecule has 1 aliphatic rings. The Kier molecular flexibility index (Phi) is 7.16. The highest BCUT2D eigenvalue weighted by Crippen LogP contribution is 2.27. The van der Waals surface area contributed by atoms with Gasteiger partial charge in [0, 0.05) is 35.1 Å². The largest absolute Gasteiger partial charge is 0.389 e. The maximum atomic E-state index is 14.8. The van der Waals surface area contributed by atoms with Crippen LogP contribution in [0, 0.1) is 0 Å². The highest BCUT2D eigenvalue weighted by atomic mass is 35.5. The van der Waals surface area contributed by atoms with Gasteiger partial charge in [0.1, 0.15) is 5.67 Å². The fourth-order valence-electron chi connectivity index (χ4n) is 2.88. The molecule has 1 aliphatic heterocycles. The van der Waals surface area contributed by atoms with Gasteiger partial charge in [-0.25, -0.2) is 4.39 Å². The molecule has 2 rings (SSSR count). The number of nitrogens with zero attached hydrogens (tertiary/aromatic N) is 1. The zero-order chi connectivity index (χ0) is 19.4. The lowest BCUT2D eigenvalue weighted by molar-refractivity contribution is -0.136. The fraction of sp³-hybridized carbons (Fsp3) is 0.588. The Morgan fingerprint density at radius 2 is 1.73 bits per heavy atom. The molecule has 0 atom stereocenters. The van der Waals surface area contributed by atoms with E-state index in [1.54, 1.807) is 0 Å². The summed E-state index contributed by atoms with van der Waals surface area (Å²) in [7, 11) is 0. The van der Waals surface area contributed by atoms with Crippen molar-refractivity contribution in [3.05, 3.63) is 33.8 Å². The first-order valence-corrected chi connectivity index (χ1v) is 9.04. The third-order valence-electron chi connectivity index (χ3n) is 4.38. The SMILES string of the molecule is O=C(NCC1(F)CCN(CCCC(F)(F)F)CC1)c1cc(Cl)cc(Cl)c1. The van der Waals surface area contributed by atoms with Crippen LogP contribution in [0.3, 0.4) is 0 Å². The molecule has 0 aliphatic carbocycles. The molecule has 1 fully saturated rings. The van der Waals surface area contributed by atoms with Crippen LogP contribution in [0.25, 0.3) is 0 Å². The van der Waals surface area contributed by atoms with Crippen LogP contribution in [-0.4, -0.2) is 48.8 Å². The lowest BCUT2D eigenvalue weighted by Crippen LogP contribution is -2.48. The molecule has 3 nitrogen and oxygen atoms in total. The minimum Gasteiger partial charge on any atom is -0.349 e. The van der Waals surface area contributed by atoms with Crippen molar-refractivity contribution in [3.8, 4) is 0 Å². The van der Waals surface area contributed by atoms with Gasteiger partial charge in [-0.15, -0.1) is 0 Å². The average Bonchev–Trinajstić information content (AvgIpc) is 2.53. The molecule has 1 saturated heterocycles. The van der Waals surface area contributed by atoms with Gasteiger partial charge >= 0.3 is 6.18 Å². The molecule has 9 heteroatoms. The van der Waals surface area contributed by atoms with Crippen LogP contribution in [0.15, 0.2) is 18.2 Å². The van der Waals surface area contributed by atoms with Gasteiger partial charge in [-0.2, -0.15) is 13.2 Å². The van der Waals surface area contributed by atoms with Gasteiger partial charge in [0.2, 0.25) is 0 Å². The lowest BCUT2D eigenvalue weighted by atomic mass is 9.93. The fourth-order valence-corrected chi connectivity index (χ4v) is 3.41. The number of hydrogen-bond acceptors (Lipinski definition) is 2. The highest BCUT2D eigenvalue weighted by molar-refractivity contribution is 6.35. The van der Waals surface area contributed by atoms with E-state index in [4.69, 9.17) is 23.2 Å². The minimum absolute atomic E-state index is 0.00898. The summed E-state index contributed by atoms with van der Waals surface area (Å²) in [6.45, 7) is 0.871. The smallest absolute Gasteiger partial charge is 0.349 e. The van der Waals surface area contributed by atoms with Crippen LogP contribution in [-0.2, 0) is 0 Å². The zero-order valence-electron chi connectivity index (χ0n) is 14.0. The summed E-state index contributed by atoms with van der Waals surface area (Å²) in [5, 5.41) is 3.16. The Balaban J connectivity index is 1.77. The first-order valence-electron chi connectivity index (χ1n) is 8.29. The molecule has 0 spiro atoms. The second-order valence-corrected chi connectivity index (χ2v) is 7.42. The Morgan fingerprint density at radius 3 is 2.27 bits per heavy atom. The van der Waals surface area contributed by atoms with Gasteiger partial charge in [-0.1, -0.05) is 23.2 Å². The van der Waals surface area contributed by atoms with Gasteiger partial charge in [0.05, 0.1) is 6.54 Å². The Hall–Kier alpha value is -1.05. The molecule has 0 saturated carbocycles. The predicted molar refractivity (Wildman–Crippen MR) is 93.6 cm³/mol. The van der Waals surface area contributed by atoms with Crippen molar-refractivity contribution in [3.63, 3.8) is 0 Å². The monoisotopic (exact) mass is 414 g/mol. The number of rotatable bonds is 6. The lowest BCUT2D eigenvalue weighted by Gasteiger charge is -2.36. The standard InChI is InChI=1S/C17H20Cl2F4N2O/c18-13-8-12(9-14(19)10-13)15(26)24-11-16(20)3-6-25(7-4-16)5-1-2-17(21,22)23/h8-10H,1-7,11H2,(H,24,26). The normalized spacial score (nSPS) is 17.9. The number of likely N-dealkylation sites (tertiary alicyclic amines) is 1. The van der Waals surface area contributed by atoms with Crippen molar-refractivity contribution in [2.75, 3.05) is 26.2 Å². The first kappa shape index (κ1) is 21.3. The number of carbonyl (C=O) groups is 1. The summed E-state index contributed by atoms with van der Waals surface area (Å²) in [6.07, 6.45) is -4.66. The van der Waals surface area contributed by atoms with E-state index in [0.717, 1.165) is 0 Å². The summed E-state index contributed by atoms with van der Waals surface area (Å²) < 4.78 is 51.3. The maximum absolute atomic E-state index is 14.8. The molecule has 1 heterocycles. The highest BCUT2D eigenvalue weighted by Gasteiger charge is 2.35. The maximum Gasteiger partial charge on any atom is 0.389 e. The van der Waals surface area contributed by atoms with Gasteiger partial charge in [0.25, 0.3) is 5.91 Å². The Bertz CT molecular complexity index is 611. The summed E-state index contributed by atoms with van der Waals surface area (Å²) >= 11 is 11.7. The molecule has 0 aromatic heterocycles. The molecular weight excluding hydrogens is 395 g/mol. The molecule has 146 valence electrons. The van der Waals surface area contributed by atoms with E-state index in [1.165, 1.54) is 18.2 Å². The molecule has 1 N–H and O–H groups in total. The van der Waals surface area contributed by atoms with Crippen molar-refractivity contribution < 1.29 is 22.4 Å². The van der Waals surface area contributed by atoms with Crippen LogP contribution >= 0.6 is 23.2 Å². The first-order chi connectivity index (χ1) is 12.1. The summed E-state index contributed by atoms with van der Waals surface area (Å²) in [4.78, 5) is 13.9. The van der Waals surface area contributed by atoms with Crippen LogP contribution in [0.1, 0.15) is 36.0 Å². The molecule has 0 radical (unpaired) electrons. The third-order valence-corrected chi connectivity index (χ3v) is 4.81. The van der Waals surface area contributed by atoms with Gasteiger partial charge in [0.15, 0.2) is 0 Å². The number of hydrogen-bond donors (Lipinski definition) is 1. The van der Waals surface area contributed by atoms with E-state index in [2.05, 4.69) is 5.32 Å². The second-order valence-electron chi connectivity index (χ2n) is 6.55. The second kappa shape index (κ2) is 8.76. The van der Waals surface area contributed by atoms with E-state index < -0.39 is 24.2 Å². The molecule has 26 heavy (non-hydrogen) atoms. The molecule has 1 aromatic rings. The Labute approximate surface area is 159 Å². The number of alkyl halides is 4. The molecule has 1 aromatic carbocycles. The topological polar surface area (TPSA) is 32.3 Å². The van der Waals surface area contributed by atoms with Crippen LogP contribution in [0.2, 0.25) is 10.0 Å². The number of benzene rings is 1. The molecule has 0 unspecified atom stereocenters. The summed E-state index contributed by atoms with van der Waals surface area (Å²) in [6, 6.07) is 4.37. The predicted octanol–water partition coefficient (Wildman–Crippen LogP) is 4.87. The quantitative estimate of drug-likeness (QED) is 0.673. The van der Waals surface area contributed by atoms with E-state index in [0.29, 0.717) is 29.7 Å². The number of carbonyl (C=O) groups excluding carboxylic acids is 1. The van der Waals surface area contributed by atoms with E-state index in [1.807, 2.05) is 4.90 Å². The van der Waals surface area contributed by atoms with Crippen LogP contribution in [0.5, 0.6) is 0 Å². The van der Waals surface area contributed by atoms with E-state index >= 15 is 0 Å². The summed E-state index contributed by atoms with van der Waals surface area (Å²) in [5.41, 5.74) is -1.32. The minimum atomic E-state index is -4.16. The van der Waals surface area contributed by atoms with Crippen molar-refractivity contribution >= 4 is 29.1 Å². The van der Waals surface area contributed by atoms with Crippen molar-refractivity contribution in [2.45, 2.75) is 37.5 Å². The van der Waals surface area contributed by atoms with Crippen molar-refractivity contribution in [2.24, 2.45) is 0 Å². The molecule has 0 bridgehead atoms. The molecule has 1 amide bonds. The van der Waals surface area contributed by atoms with Crippen LogP contribution in [0.4, 0.5) is 17.6 Å². The number of halogens is 6. The number of amides is 1. The number of piperidine rings is 1. The van der Waals surface area contributed by atoms with E-state index in [9.17, 15) is 22.4 Å². The Morgan fingerprint density at radius 1 is 1.15 bits per heavy atom. The van der Waals surface area contributed by atoms with E-state index in [-0.39, 0.29) is 31.4 Å². The van der Waals surface area contributed by atoms with Crippen LogP contribution < -0.4 is 5.32 Å². The third kappa shape index (κ3) is 6.93. The van der Waals surface area contributed by atoms with Gasteiger partial charge in [-0.05, 0) is 44.0 Å². The zero-order valence-corrected chi connectivity index (χ0v) is 15.5.